The largest absolute Gasteiger partial charge is 0.480 e. The summed E-state index contributed by atoms with van der Waals surface area (Å²) >= 11 is 0. The van der Waals surface area contributed by atoms with E-state index in [1.54, 1.807) is 0 Å². The summed E-state index contributed by atoms with van der Waals surface area (Å²) in [7, 11) is 0. The van der Waals surface area contributed by atoms with Gasteiger partial charge in [0, 0.05) is 12.2 Å². The number of amides is 2. The molecule has 1 unspecified atom stereocenters. The van der Waals surface area contributed by atoms with Crippen LogP contribution in [0.4, 0.5) is 10.5 Å². The molecule has 0 aliphatic carbocycles. The fourth-order valence-electron chi connectivity index (χ4n) is 1.23. The van der Waals surface area contributed by atoms with Gasteiger partial charge < -0.3 is 15.7 Å². The molecule has 1 heterocycles. The van der Waals surface area contributed by atoms with Crippen molar-refractivity contribution in [2.24, 2.45) is 5.41 Å². The van der Waals surface area contributed by atoms with Crippen molar-refractivity contribution < 1.29 is 14.7 Å². The topological polar surface area (TPSA) is 96.3 Å². The summed E-state index contributed by atoms with van der Waals surface area (Å²) in [4.78, 5) is 22.2. The van der Waals surface area contributed by atoms with Crippen LogP contribution < -0.4 is 10.6 Å². The molecule has 0 saturated heterocycles. The zero-order valence-corrected chi connectivity index (χ0v) is 11.6. The Kier molecular flexibility index (Phi) is 4.52. The Labute approximate surface area is 112 Å². The van der Waals surface area contributed by atoms with Crippen LogP contribution in [0.1, 0.15) is 27.7 Å². The van der Waals surface area contributed by atoms with Crippen molar-refractivity contribution in [3.05, 3.63) is 12.4 Å². The van der Waals surface area contributed by atoms with Crippen molar-refractivity contribution in [2.75, 3.05) is 5.32 Å². The lowest BCUT2D eigenvalue weighted by Gasteiger charge is -2.27. The Balaban J connectivity index is 2.53. The quantitative estimate of drug-likeness (QED) is 0.771. The average molecular weight is 268 g/mol. The highest BCUT2D eigenvalue weighted by Crippen LogP contribution is 2.18. The molecule has 106 valence electrons. The van der Waals surface area contributed by atoms with Crippen LogP contribution in [-0.4, -0.2) is 32.9 Å². The highest BCUT2D eigenvalue weighted by atomic mass is 16.4. The highest BCUT2D eigenvalue weighted by molar-refractivity contribution is 5.89. The van der Waals surface area contributed by atoms with Crippen LogP contribution in [0.25, 0.3) is 0 Å². The van der Waals surface area contributed by atoms with Crippen molar-refractivity contribution in [2.45, 2.75) is 40.3 Å². The first kappa shape index (κ1) is 15.0. The molecule has 0 aliphatic heterocycles. The third-order valence-corrected chi connectivity index (χ3v) is 2.84. The van der Waals surface area contributed by atoms with Crippen LogP contribution in [0.2, 0.25) is 0 Å². The summed E-state index contributed by atoms with van der Waals surface area (Å²) in [5.41, 5.74) is 0.421. The third-order valence-electron chi connectivity index (χ3n) is 2.84. The molecule has 7 heteroatoms. The second-order valence-electron chi connectivity index (χ2n) is 5.51. The molecule has 2 amide bonds. The molecule has 1 aromatic rings. The van der Waals surface area contributed by atoms with E-state index in [0.29, 0.717) is 5.69 Å². The molecule has 0 aromatic carbocycles. The fourth-order valence-corrected chi connectivity index (χ4v) is 1.23. The maximum absolute atomic E-state index is 11.7. The van der Waals surface area contributed by atoms with Crippen molar-refractivity contribution in [1.82, 2.24) is 15.1 Å². The molecular weight excluding hydrogens is 248 g/mol. The van der Waals surface area contributed by atoms with Crippen molar-refractivity contribution in [1.29, 1.82) is 0 Å². The van der Waals surface area contributed by atoms with Gasteiger partial charge in [-0.1, -0.05) is 20.8 Å². The minimum absolute atomic E-state index is 0.00145. The van der Waals surface area contributed by atoms with Crippen molar-refractivity contribution >= 4 is 17.7 Å². The van der Waals surface area contributed by atoms with Crippen molar-refractivity contribution in [3.63, 3.8) is 0 Å². The average Bonchev–Trinajstić information content (AvgIpc) is 2.62. The molecule has 0 spiro atoms. The Hall–Kier alpha value is -2.05. The van der Waals surface area contributed by atoms with E-state index in [2.05, 4.69) is 15.7 Å². The summed E-state index contributed by atoms with van der Waals surface area (Å²) in [5.74, 6) is -0.986. The summed E-state index contributed by atoms with van der Waals surface area (Å²) < 4.78 is 1.24. The molecule has 0 aliphatic rings. The maximum atomic E-state index is 11.7. The Bertz CT molecular complexity index is 462. The number of carboxylic acid groups (broad SMARTS) is 1. The van der Waals surface area contributed by atoms with E-state index < -0.39 is 5.97 Å². The fraction of sp³-hybridized carbons (Fsp3) is 0.583. The van der Waals surface area contributed by atoms with Gasteiger partial charge in [0.1, 0.15) is 6.54 Å². The van der Waals surface area contributed by atoms with Gasteiger partial charge in [0.25, 0.3) is 0 Å². The van der Waals surface area contributed by atoms with Gasteiger partial charge in [0.05, 0.1) is 11.9 Å². The van der Waals surface area contributed by atoms with Gasteiger partial charge in [-0.05, 0) is 12.3 Å². The van der Waals surface area contributed by atoms with Gasteiger partial charge in [-0.3, -0.25) is 9.48 Å². The van der Waals surface area contributed by atoms with Gasteiger partial charge in [-0.15, -0.1) is 0 Å². The van der Waals surface area contributed by atoms with E-state index in [0.717, 1.165) is 0 Å². The van der Waals surface area contributed by atoms with Crippen LogP contribution in [0.15, 0.2) is 12.4 Å². The molecule has 1 atom stereocenters. The first-order chi connectivity index (χ1) is 8.68. The third kappa shape index (κ3) is 4.99. The Morgan fingerprint density at radius 3 is 2.63 bits per heavy atom. The van der Waals surface area contributed by atoms with E-state index >= 15 is 0 Å². The van der Waals surface area contributed by atoms with E-state index in [9.17, 15) is 9.59 Å². The maximum Gasteiger partial charge on any atom is 0.325 e. The van der Waals surface area contributed by atoms with Gasteiger partial charge in [0.15, 0.2) is 0 Å². The number of carboxylic acids is 1. The Morgan fingerprint density at radius 2 is 2.11 bits per heavy atom. The minimum atomic E-state index is -0.986. The van der Waals surface area contributed by atoms with E-state index in [-0.39, 0.29) is 24.0 Å². The number of carbonyl (C=O) groups is 2. The molecule has 1 rings (SSSR count). The number of aliphatic carboxylic acids is 1. The monoisotopic (exact) mass is 268 g/mol. The van der Waals surface area contributed by atoms with E-state index in [4.69, 9.17) is 5.11 Å². The summed E-state index contributed by atoms with van der Waals surface area (Å²) in [6.07, 6.45) is 2.87. The highest BCUT2D eigenvalue weighted by Gasteiger charge is 2.21. The van der Waals surface area contributed by atoms with Crippen LogP contribution in [0, 0.1) is 5.41 Å². The lowest BCUT2D eigenvalue weighted by molar-refractivity contribution is -0.137. The molecule has 3 N–H and O–H groups in total. The number of carbonyl (C=O) groups excluding carboxylic acids is 1. The second-order valence-corrected chi connectivity index (χ2v) is 5.51. The predicted molar refractivity (Wildman–Crippen MR) is 70.9 cm³/mol. The van der Waals surface area contributed by atoms with Crippen molar-refractivity contribution in [3.8, 4) is 0 Å². The molecular formula is C12H20N4O3. The first-order valence-electron chi connectivity index (χ1n) is 6.00. The number of hydrogen-bond donors (Lipinski definition) is 3. The zero-order valence-electron chi connectivity index (χ0n) is 11.6. The van der Waals surface area contributed by atoms with E-state index in [1.807, 2.05) is 27.7 Å². The predicted octanol–water partition coefficient (Wildman–Crippen LogP) is 1.52. The summed E-state index contributed by atoms with van der Waals surface area (Å²) in [6, 6.07) is -0.334. The van der Waals surface area contributed by atoms with Gasteiger partial charge in [-0.2, -0.15) is 5.10 Å². The SMILES string of the molecule is CC(NC(=O)Nc1cnn(CC(=O)O)c1)C(C)(C)C. The Morgan fingerprint density at radius 1 is 1.47 bits per heavy atom. The van der Waals surface area contributed by atoms with Gasteiger partial charge in [0.2, 0.25) is 0 Å². The summed E-state index contributed by atoms with van der Waals surface area (Å²) in [6.45, 7) is 7.78. The molecule has 0 saturated carbocycles. The molecule has 0 bridgehead atoms. The molecule has 7 nitrogen and oxygen atoms in total. The first-order valence-corrected chi connectivity index (χ1v) is 6.00. The normalized spacial score (nSPS) is 12.8. The van der Waals surface area contributed by atoms with Crippen LogP contribution in [0.3, 0.4) is 0 Å². The number of anilines is 1. The van der Waals surface area contributed by atoms with Gasteiger partial charge >= 0.3 is 12.0 Å². The van der Waals surface area contributed by atoms with Crippen LogP contribution >= 0.6 is 0 Å². The number of rotatable bonds is 4. The standard InChI is InChI=1S/C12H20N4O3/c1-8(12(2,3)4)14-11(19)15-9-5-13-16(6-9)7-10(17)18/h5-6,8H,7H2,1-4H3,(H,17,18)(H2,14,15,19). The molecule has 19 heavy (non-hydrogen) atoms. The molecule has 0 fully saturated rings. The van der Waals surface area contributed by atoms with Crippen LogP contribution in [-0.2, 0) is 11.3 Å². The number of aromatic nitrogens is 2. The lowest BCUT2D eigenvalue weighted by atomic mass is 9.88. The number of hydrogen-bond acceptors (Lipinski definition) is 3. The molecule has 1 aromatic heterocycles. The summed E-state index contributed by atoms with van der Waals surface area (Å²) in [5, 5.41) is 17.9. The minimum Gasteiger partial charge on any atom is -0.480 e. The number of nitrogens with zero attached hydrogens (tertiary/aromatic N) is 2. The molecule has 0 radical (unpaired) electrons. The zero-order chi connectivity index (χ0) is 14.6. The van der Waals surface area contributed by atoms with E-state index in [1.165, 1.54) is 17.1 Å². The second kappa shape index (κ2) is 5.73. The van der Waals surface area contributed by atoms with Crippen LogP contribution in [0.5, 0.6) is 0 Å². The smallest absolute Gasteiger partial charge is 0.325 e. The number of nitrogens with one attached hydrogen (secondary N) is 2. The van der Waals surface area contributed by atoms with Gasteiger partial charge in [-0.25, -0.2) is 4.79 Å². The number of urea groups is 1. The lowest BCUT2D eigenvalue weighted by Crippen LogP contribution is -2.43.